The largest absolute Gasteiger partial charge is 0.491 e. The first-order valence-corrected chi connectivity index (χ1v) is 8.90. The number of nitrogens with two attached hydrogens (primary N) is 4. The first kappa shape index (κ1) is 18.1. The molecule has 136 valence electrons. The Morgan fingerprint density at radius 3 is 2.04 bits per heavy atom. The molecule has 7 nitrogen and oxygen atoms in total. The molecule has 8 heteroatoms. The Morgan fingerprint density at radius 2 is 1.42 bits per heavy atom. The van der Waals surface area contributed by atoms with E-state index in [1.807, 2.05) is 6.92 Å². The summed E-state index contributed by atoms with van der Waals surface area (Å²) in [7, 11) is 0. The van der Waals surface area contributed by atoms with Crippen LogP contribution in [0.1, 0.15) is 51.6 Å². The number of ketones is 2. The molecule has 0 aromatic heterocycles. The Morgan fingerprint density at radius 1 is 0.885 bits per heavy atom. The summed E-state index contributed by atoms with van der Waals surface area (Å²) in [6, 6.07) is 2.96. The molecule has 0 radical (unpaired) electrons. The number of carbonyl (C=O) groups is 2. The molecule has 0 saturated carbocycles. The number of carbonyl (C=O) groups excluding carboxylic acids is 2. The van der Waals surface area contributed by atoms with Gasteiger partial charge in [-0.3, -0.25) is 9.59 Å². The minimum Gasteiger partial charge on any atom is -0.491 e. The minimum absolute atomic E-state index is 0.0122. The number of halogens is 1. The number of benzene rings is 2. The van der Waals surface area contributed by atoms with E-state index in [1.54, 1.807) is 0 Å². The highest BCUT2D eigenvalue weighted by Gasteiger charge is 2.38. The lowest BCUT2D eigenvalue weighted by molar-refractivity contribution is 0.0981. The van der Waals surface area contributed by atoms with E-state index in [-0.39, 0.29) is 50.8 Å². The Balaban J connectivity index is 2.25. The van der Waals surface area contributed by atoms with E-state index in [1.165, 1.54) is 12.1 Å². The molecule has 0 aliphatic heterocycles. The van der Waals surface area contributed by atoms with E-state index in [0.717, 1.165) is 12.8 Å². The van der Waals surface area contributed by atoms with Crippen LogP contribution in [-0.4, -0.2) is 18.2 Å². The average Bonchev–Trinajstić information content (AvgIpc) is 2.58. The zero-order valence-electron chi connectivity index (χ0n) is 14.2. The van der Waals surface area contributed by atoms with Gasteiger partial charge in [-0.2, -0.15) is 0 Å². The molecule has 0 amide bonds. The third-order valence-electron chi connectivity index (χ3n) is 4.37. The number of rotatable bonds is 4. The lowest BCUT2D eigenvalue weighted by Crippen LogP contribution is -2.26. The predicted molar refractivity (Wildman–Crippen MR) is 106 cm³/mol. The van der Waals surface area contributed by atoms with Crippen LogP contribution in [-0.2, 0) is 0 Å². The highest BCUT2D eigenvalue weighted by atomic mass is 79.9. The summed E-state index contributed by atoms with van der Waals surface area (Å²) >= 11 is 3.25. The maximum atomic E-state index is 13.1. The van der Waals surface area contributed by atoms with E-state index in [9.17, 15) is 9.59 Å². The third kappa shape index (κ3) is 2.57. The highest BCUT2D eigenvalue weighted by molar-refractivity contribution is 9.10. The Kier molecular flexibility index (Phi) is 4.53. The zero-order valence-corrected chi connectivity index (χ0v) is 15.8. The van der Waals surface area contributed by atoms with Crippen LogP contribution < -0.4 is 27.7 Å². The molecular weight excluding hydrogens is 400 g/mol. The van der Waals surface area contributed by atoms with Gasteiger partial charge in [0, 0.05) is 21.9 Å². The maximum Gasteiger partial charge on any atom is 0.199 e. The second-order valence-electron chi connectivity index (χ2n) is 6.10. The van der Waals surface area contributed by atoms with Crippen LogP contribution in [0.4, 0.5) is 22.7 Å². The molecule has 3 rings (SSSR count). The molecule has 1 aliphatic rings. The van der Waals surface area contributed by atoms with Gasteiger partial charge in [0.05, 0.1) is 40.2 Å². The summed E-state index contributed by atoms with van der Waals surface area (Å²) in [4.78, 5) is 26.1. The summed E-state index contributed by atoms with van der Waals surface area (Å²) in [5, 5.41) is 0. The van der Waals surface area contributed by atoms with E-state index in [0.29, 0.717) is 11.1 Å². The fourth-order valence-corrected chi connectivity index (χ4v) is 3.48. The number of unbranched alkanes of at least 4 members (excludes halogenated alkanes) is 1. The van der Waals surface area contributed by atoms with Crippen molar-refractivity contribution >= 4 is 50.2 Å². The molecule has 0 bridgehead atoms. The summed E-state index contributed by atoms with van der Waals surface area (Å²) in [5.74, 6) is -0.693. The molecule has 0 heterocycles. The number of anilines is 4. The Hall–Kier alpha value is -2.74. The van der Waals surface area contributed by atoms with Crippen molar-refractivity contribution in [3.05, 3.63) is 38.9 Å². The van der Waals surface area contributed by atoms with Gasteiger partial charge in [0.25, 0.3) is 0 Å². The van der Waals surface area contributed by atoms with Crippen molar-refractivity contribution in [2.24, 2.45) is 0 Å². The smallest absolute Gasteiger partial charge is 0.199 e. The quantitative estimate of drug-likeness (QED) is 0.375. The first-order valence-electron chi connectivity index (χ1n) is 8.11. The van der Waals surface area contributed by atoms with Crippen molar-refractivity contribution in [3.63, 3.8) is 0 Å². The van der Waals surface area contributed by atoms with Crippen LogP contribution in [0, 0.1) is 0 Å². The summed E-state index contributed by atoms with van der Waals surface area (Å²) in [6.45, 7) is 2.45. The van der Waals surface area contributed by atoms with Gasteiger partial charge in [-0.1, -0.05) is 13.3 Å². The lowest BCUT2D eigenvalue weighted by Gasteiger charge is -2.24. The number of hydrogen-bond donors (Lipinski definition) is 4. The van der Waals surface area contributed by atoms with E-state index >= 15 is 0 Å². The Labute approximate surface area is 158 Å². The molecule has 0 unspecified atom stereocenters. The number of fused-ring (bicyclic) bond motifs is 2. The van der Waals surface area contributed by atoms with Gasteiger partial charge in [0.1, 0.15) is 5.75 Å². The highest BCUT2D eigenvalue weighted by Crippen LogP contribution is 2.44. The summed E-state index contributed by atoms with van der Waals surface area (Å²) in [6.07, 6.45) is 1.76. The standard InChI is InChI=1S/C18H19BrN4O3/c1-2-3-4-26-10-6-9(21)12-14(16(10)23)18(25)13-11(17(12)24)8(20)5-7(19)15(13)22/h5-6H,2-4,20-23H2,1H3. The lowest BCUT2D eigenvalue weighted by atomic mass is 9.80. The van der Waals surface area contributed by atoms with Crippen molar-refractivity contribution in [3.8, 4) is 5.75 Å². The zero-order chi connectivity index (χ0) is 19.2. The second-order valence-corrected chi connectivity index (χ2v) is 6.95. The monoisotopic (exact) mass is 418 g/mol. The molecule has 0 fully saturated rings. The molecule has 0 spiro atoms. The molecule has 0 saturated heterocycles. The maximum absolute atomic E-state index is 13.1. The van der Waals surface area contributed by atoms with Gasteiger partial charge in [0.15, 0.2) is 11.6 Å². The van der Waals surface area contributed by atoms with Crippen LogP contribution in [0.5, 0.6) is 5.75 Å². The normalized spacial score (nSPS) is 12.7. The van der Waals surface area contributed by atoms with Gasteiger partial charge in [-0.15, -0.1) is 0 Å². The average molecular weight is 419 g/mol. The van der Waals surface area contributed by atoms with Gasteiger partial charge in [0.2, 0.25) is 0 Å². The summed E-state index contributed by atoms with van der Waals surface area (Å²) in [5.41, 5.74) is 24.8. The van der Waals surface area contributed by atoms with Crippen LogP contribution in [0.15, 0.2) is 16.6 Å². The van der Waals surface area contributed by atoms with Gasteiger partial charge in [-0.05, 0) is 28.4 Å². The fraction of sp³-hybridized carbons (Fsp3) is 0.222. The van der Waals surface area contributed by atoms with Crippen LogP contribution in [0.3, 0.4) is 0 Å². The molecular formula is C18H19BrN4O3. The van der Waals surface area contributed by atoms with Crippen molar-refractivity contribution in [2.45, 2.75) is 19.8 Å². The number of hydrogen-bond acceptors (Lipinski definition) is 7. The van der Waals surface area contributed by atoms with Crippen LogP contribution in [0.2, 0.25) is 0 Å². The SMILES string of the molecule is CCCCOc1cc(N)c2c(c1N)C(=O)c1c(N)c(Br)cc(N)c1C2=O. The molecule has 2 aromatic rings. The van der Waals surface area contributed by atoms with Crippen molar-refractivity contribution < 1.29 is 14.3 Å². The molecule has 26 heavy (non-hydrogen) atoms. The molecule has 0 atom stereocenters. The van der Waals surface area contributed by atoms with E-state index < -0.39 is 11.6 Å². The van der Waals surface area contributed by atoms with Gasteiger partial charge in [-0.25, -0.2) is 0 Å². The summed E-state index contributed by atoms with van der Waals surface area (Å²) < 4.78 is 6.07. The Bertz CT molecular complexity index is 956. The van der Waals surface area contributed by atoms with E-state index in [2.05, 4.69) is 15.9 Å². The van der Waals surface area contributed by atoms with Crippen LogP contribution in [0.25, 0.3) is 0 Å². The number of ether oxygens (including phenoxy) is 1. The predicted octanol–water partition coefficient (Wildman–Crippen LogP) is 2.73. The fourth-order valence-electron chi connectivity index (χ4n) is 3.04. The first-order chi connectivity index (χ1) is 12.3. The topological polar surface area (TPSA) is 147 Å². The minimum atomic E-state index is -0.495. The van der Waals surface area contributed by atoms with Crippen molar-refractivity contribution in [1.82, 2.24) is 0 Å². The third-order valence-corrected chi connectivity index (χ3v) is 5.03. The molecule has 2 aromatic carbocycles. The number of nitrogen functional groups attached to an aromatic ring is 4. The molecule has 1 aliphatic carbocycles. The van der Waals surface area contributed by atoms with Gasteiger partial charge < -0.3 is 27.7 Å². The van der Waals surface area contributed by atoms with Crippen molar-refractivity contribution in [2.75, 3.05) is 29.5 Å². The second kappa shape index (κ2) is 6.53. The van der Waals surface area contributed by atoms with Gasteiger partial charge >= 0.3 is 0 Å². The van der Waals surface area contributed by atoms with Crippen molar-refractivity contribution in [1.29, 1.82) is 0 Å². The van der Waals surface area contributed by atoms with Crippen LogP contribution >= 0.6 is 15.9 Å². The molecule has 8 N–H and O–H groups in total. The van der Waals surface area contributed by atoms with E-state index in [4.69, 9.17) is 27.7 Å².